The zero-order valence-corrected chi connectivity index (χ0v) is 21.7. The number of hydrogen-bond donors (Lipinski definition) is 0. The molecule has 0 aliphatic heterocycles. The molecule has 2 aromatic heterocycles. The number of methoxy groups -OCH3 is 1. The number of aromatic nitrogens is 3. The molecule has 0 amide bonds. The topological polar surface area (TPSA) is 92.4 Å². The summed E-state index contributed by atoms with van der Waals surface area (Å²) in [4.78, 5) is 18.5. The first kappa shape index (κ1) is 25.0. The minimum Gasteiger partial charge on any atom is -0.491 e. The van der Waals surface area contributed by atoms with E-state index < -0.39 is 15.9 Å². The number of pyridine rings is 1. The minimum absolute atomic E-state index is 0.00816. The smallest absolute Gasteiger partial charge is 0.330 e. The number of nitrogens with zero attached hydrogens (tertiary/aromatic N) is 3. The van der Waals surface area contributed by atoms with Gasteiger partial charge < -0.3 is 9.47 Å². The molecule has 10 heteroatoms. The second kappa shape index (κ2) is 9.66. The van der Waals surface area contributed by atoms with Gasteiger partial charge in [-0.05, 0) is 55.7 Å². The molecular formula is C27H28FN3O5S. The van der Waals surface area contributed by atoms with Crippen molar-refractivity contribution in [3.05, 3.63) is 76.6 Å². The number of sulfone groups is 1. The molecule has 0 spiro atoms. The maximum absolute atomic E-state index is 14.6. The molecule has 1 aliphatic carbocycles. The van der Waals surface area contributed by atoms with E-state index >= 15 is 0 Å². The third kappa shape index (κ3) is 4.85. The predicted molar refractivity (Wildman–Crippen MR) is 140 cm³/mol. The second-order valence-electron chi connectivity index (χ2n) is 9.22. The molecular weight excluding hydrogens is 497 g/mol. The molecule has 5 rings (SSSR count). The summed E-state index contributed by atoms with van der Waals surface area (Å²) < 4.78 is 53.8. The van der Waals surface area contributed by atoms with Gasteiger partial charge in [-0.1, -0.05) is 24.3 Å². The van der Waals surface area contributed by atoms with Crippen LogP contribution in [-0.2, 0) is 9.84 Å². The third-order valence-corrected chi connectivity index (χ3v) is 7.39. The van der Waals surface area contributed by atoms with Crippen LogP contribution in [0.4, 0.5) is 4.39 Å². The Balaban J connectivity index is 1.75. The molecule has 194 valence electrons. The van der Waals surface area contributed by atoms with Crippen LogP contribution >= 0.6 is 0 Å². The van der Waals surface area contributed by atoms with Crippen LogP contribution in [0.5, 0.6) is 11.6 Å². The molecule has 2 heterocycles. The van der Waals surface area contributed by atoms with Crippen LogP contribution in [0.25, 0.3) is 22.2 Å². The van der Waals surface area contributed by atoms with Crippen molar-refractivity contribution >= 4 is 20.9 Å². The average molecular weight is 526 g/mol. The Morgan fingerprint density at radius 3 is 2.51 bits per heavy atom. The van der Waals surface area contributed by atoms with E-state index in [1.165, 1.54) is 17.7 Å². The number of halogens is 1. The Morgan fingerprint density at radius 1 is 1.11 bits per heavy atom. The molecule has 0 N–H and O–H groups in total. The lowest BCUT2D eigenvalue weighted by atomic mass is 10.0. The standard InChI is InChI=1S/C27H28FN3O5S/c1-4-36-26-25(35-2)14-12-21(29-26)24(16-37(3,33)34)31-22-13-9-17(19-7-5-6-8-20(19)28)15-23(22)30(27(31)32)18-10-11-18/h5-9,12-15,18,24H,4,10-11,16H2,1-3H3/t24-/m1/s1. The first-order chi connectivity index (χ1) is 17.7. The van der Waals surface area contributed by atoms with E-state index in [1.54, 1.807) is 53.1 Å². The second-order valence-corrected chi connectivity index (χ2v) is 11.4. The molecule has 0 saturated heterocycles. The summed E-state index contributed by atoms with van der Waals surface area (Å²) in [5.74, 6) is -0.0633. The Hall–Kier alpha value is -3.66. The first-order valence-electron chi connectivity index (χ1n) is 12.1. The average Bonchev–Trinajstić information content (AvgIpc) is 3.65. The zero-order chi connectivity index (χ0) is 26.3. The predicted octanol–water partition coefficient (Wildman–Crippen LogP) is 4.38. The Labute approximate surface area is 214 Å². The lowest BCUT2D eigenvalue weighted by Gasteiger charge is -2.19. The van der Waals surface area contributed by atoms with E-state index in [-0.39, 0.29) is 29.2 Å². The van der Waals surface area contributed by atoms with Crippen LogP contribution < -0.4 is 15.2 Å². The number of ether oxygens (including phenoxy) is 2. The van der Waals surface area contributed by atoms with Gasteiger partial charge in [0.2, 0.25) is 0 Å². The van der Waals surface area contributed by atoms with Crippen LogP contribution in [-0.4, -0.2) is 48.3 Å². The Kier molecular flexibility index (Phi) is 6.53. The van der Waals surface area contributed by atoms with Crippen LogP contribution in [0.15, 0.2) is 59.4 Å². The highest BCUT2D eigenvalue weighted by Gasteiger charge is 2.33. The highest BCUT2D eigenvalue weighted by molar-refractivity contribution is 7.90. The van der Waals surface area contributed by atoms with E-state index in [9.17, 15) is 17.6 Å². The summed E-state index contributed by atoms with van der Waals surface area (Å²) in [6, 6.07) is 14.2. The molecule has 0 unspecified atom stereocenters. The molecule has 1 fully saturated rings. The quantitative estimate of drug-likeness (QED) is 0.322. The number of rotatable bonds is 9. The van der Waals surface area contributed by atoms with Gasteiger partial charge in [0.25, 0.3) is 5.88 Å². The van der Waals surface area contributed by atoms with Crippen molar-refractivity contribution in [2.75, 3.05) is 25.7 Å². The fourth-order valence-electron chi connectivity index (χ4n) is 4.69. The molecule has 2 aromatic carbocycles. The van der Waals surface area contributed by atoms with E-state index in [4.69, 9.17) is 9.47 Å². The van der Waals surface area contributed by atoms with Gasteiger partial charge in [0.1, 0.15) is 15.7 Å². The summed E-state index contributed by atoms with van der Waals surface area (Å²) in [6.07, 6.45) is 2.82. The van der Waals surface area contributed by atoms with Crippen LogP contribution in [0.1, 0.15) is 37.5 Å². The van der Waals surface area contributed by atoms with Crippen molar-refractivity contribution in [2.24, 2.45) is 0 Å². The summed E-state index contributed by atoms with van der Waals surface area (Å²) in [6.45, 7) is 2.14. The van der Waals surface area contributed by atoms with Gasteiger partial charge >= 0.3 is 5.69 Å². The molecule has 1 atom stereocenters. The molecule has 0 radical (unpaired) electrons. The van der Waals surface area contributed by atoms with Crippen molar-refractivity contribution in [2.45, 2.75) is 31.8 Å². The number of imidazole rings is 1. The molecule has 0 bridgehead atoms. The highest BCUT2D eigenvalue weighted by atomic mass is 32.2. The molecule has 37 heavy (non-hydrogen) atoms. The molecule has 1 saturated carbocycles. The van der Waals surface area contributed by atoms with E-state index in [0.717, 1.165) is 19.1 Å². The third-order valence-electron chi connectivity index (χ3n) is 6.47. The van der Waals surface area contributed by atoms with Gasteiger partial charge in [-0.15, -0.1) is 0 Å². The summed E-state index contributed by atoms with van der Waals surface area (Å²) >= 11 is 0. The van der Waals surface area contributed by atoms with Crippen LogP contribution in [0.3, 0.4) is 0 Å². The Morgan fingerprint density at radius 2 is 1.86 bits per heavy atom. The van der Waals surface area contributed by atoms with Gasteiger partial charge in [0, 0.05) is 17.9 Å². The van der Waals surface area contributed by atoms with Crippen molar-refractivity contribution in [1.29, 1.82) is 0 Å². The number of fused-ring (bicyclic) bond motifs is 1. The fourth-order valence-corrected chi connectivity index (χ4v) is 5.59. The van der Waals surface area contributed by atoms with Crippen molar-refractivity contribution in [3.8, 4) is 22.8 Å². The molecule has 1 aliphatic rings. The van der Waals surface area contributed by atoms with Crippen molar-refractivity contribution < 1.29 is 22.3 Å². The summed E-state index contributed by atoms with van der Waals surface area (Å²) in [5.41, 5.74) is 2.29. The number of benzene rings is 2. The fraction of sp³-hybridized carbons (Fsp3) is 0.333. The zero-order valence-electron chi connectivity index (χ0n) is 20.8. The van der Waals surface area contributed by atoms with Crippen molar-refractivity contribution in [3.63, 3.8) is 0 Å². The lowest BCUT2D eigenvalue weighted by molar-refractivity contribution is 0.296. The van der Waals surface area contributed by atoms with E-state index in [1.807, 2.05) is 6.92 Å². The summed E-state index contributed by atoms with van der Waals surface area (Å²) in [5, 5.41) is 0. The van der Waals surface area contributed by atoms with Crippen LogP contribution in [0.2, 0.25) is 0 Å². The maximum atomic E-state index is 14.6. The minimum atomic E-state index is -3.53. The Bertz CT molecular complexity index is 1640. The highest BCUT2D eigenvalue weighted by Crippen LogP contribution is 2.39. The normalized spacial score (nSPS) is 14.6. The maximum Gasteiger partial charge on any atom is 0.330 e. The lowest BCUT2D eigenvalue weighted by Crippen LogP contribution is -2.32. The van der Waals surface area contributed by atoms with E-state index in [2.05, 4.69) is 4.98 Å². The molecule has 4 aromatic rings. The largest absolute Gasteiger partial charge is 0.491 e. The van der Waals surface area contributed by atoms with Gasteiger partial charge in [-0.25, -0.2) is 22.6 Å². The van der Waals surface area contributed by atoms with E-state index in [0.29, 0.717) is 40.2 Å². The SMILES string of the molecule is CCOc1nc([C@@H](CS(C)(=O)=O)n2c(=O)n(C3CC3)c3cc(-c4ccccc4F)ccc32)ccc1OC. The number of hydrogen-bond acceptors (Lipinski definition) is 6. The first-order valence-corrected chi connectivity index (χ1v) is 14.1. The van der Waals surface area contributed by atoms with Gasteiger partial charge in [0.05, 0.1) is 42.2 Å². The monoisotopic (exact) mass is 525 g/mol. The summed E-state index contributed by atoms with van der Waals surface area (Å²) in [7, 11) is -2.03. The van der Waals surface area contributed by atoms with Gasteiger partial charge in [0.15, 0.2) is 5.75 Å². The van der Waals surface area contributed by atoms with Crippen molar-refractivity contribution in [1.82, 2.24) is 14.1 Å². The molecule has 8 nitrogen and oxygen atoms in total. The van der Waals surface area contributed by atoms with Gasteiger partial charge in [-0.3, -0.25) is 9.13 Å². The van der Waals surface area contributed by atoms with Gasteiger partial charge in [-0.2, -0.15) is 0 Å². The van der Waals surface area contributed by atoms with Crippen LogP contribution in [0, 0.1) is 5.82 Å².